The molecule has 2 N–H and O–H groups in total. The molecule has 1 aliphatic heterocycles. The number of pyridine rings is 2. The van der Waals surface area contributed by atoms with Crippen LogP contribution in [0.2, 0.25) is 0 Å². The number of hydrogen-bond acceptors (Lipinski definition) is 7. The van der Waals surface area contributed by atoms with E-state index in [1.54, 1.807) is 23.2 Å². The largest absolute Gasteiger partial charge is 0.376 e. The number of urea groups is 1. The van der Waals surface area contributed by atoms with E-state index < -0.39 is 19.4 Å². The summed E-state index contributed by atoms with van der Waals surface area (Å²) in [6, 6.07) is 2.16. The van der Waals surface area contributed by atoms with E-state index in [2.05, 4.69) is 30.8 Å². The molecule has 31 heavy (non-hydrogen) atoms. The third-order valence-electron chi connectivity index (χ3n) is 5.05. The number of likely N-dealkylation sites (tertiary alicyclic amines) is 1. The van der Waals surface area contributed by atoms with E-state index in [4.69, 9.17) is 0 Å². The second-order valence-electron chi connectivity index (χ2n) is 7.40. The van der Waals surface area contributed by atoms with Gasteiger partial charge in [-0.1, -0.05) is 11.3 Å². The van der Waals surface area contributed by atoms with Crippen LogP contribution >= 0.6 is 11.3 Å². The molecular weight excluding hydrogens is 424 g/mol. The van der Waals surface area contributed by atoms with Gasteiger partial charge in [0, 0.05) is 36.4 Å². The molecule has 0 spiro atoms. The number of hydrogen-bond donors (Lipinski definition) is 2. The first-order valence-electron chi connectivity index (χ1n) is 10.1. The molecule has 0 saturated carbocycles. The van der Waals surface area contributed by atoms with Crippen LogP contribution in [-0.2, 0) is 0 Å². The van der Waals surface area contributed by atoms with Gasteiger partial charge in [-0.05, 0) is 32.3 Å². The molecule has 4 heterocycles. The Balaban J connectivity index is 1.69. The highest BCUT2D eigenvalue weighted by Gasteiger charge is 2.19. The molecule has 0 aliphatic carbocycles. The van der Waals surface area contributed by atoms with Crippen LogP contribution in [-0.4, -0.2) is 63.6 Å². The molecule has 1 aliphatic rings. The Morgan fingerprint density at radius 1 is 1.19 bits per heavy atom. The third-order valence-corrected chi connectivity index (χ3v) is 5.91. The quantitative estimate of drug-likeness (QED) is 0.588. The zero-order chi connectivity index (χ0) is 21.8. The number of halogens is 2. The standard InChI is InChI=1S/C20H23F2N7OS/c1-12-27-28-19(31-12)17-7-15(24-13(9-21)10-22)14-11-23-18(8-16(14)25-17)26-20(30)29-5-3-2-4-6-29/h7-8,11,13H,2-6,9-10H2,1H3,(H,24,25)(H,23,26,30). The van der Waals surface area contributed by atoms with Crippen molar-refractivity contribution in [3.8, 4) is 10.7 Å². The summed E-state index contributed by atoms with van der Waals surface area (Å²) in [6.45, 7) is 1.57. The maximum atomic E-state index is 13.1. The molecule has 3 aromatic heterocycles. The zero-order valence-electron chi connectivity index (χ0n) is 17.1. The van der Waals surface area contributed by atoms with Gasteiger partial charge in [0.05, 0.1) is 11.6 Å². The maximum absolute atomic E-state index is 13.1. The summed E-state index contributed by atoms with van der Waals surface area (Å²) in [6.07, 6.45) is 4.65. The SMILES string of the molecule is Cc1nnc(-c2cc(NC(CF)CF)c3cnc(NC(=O)N4CCCCC4)cc3n2)s1. The van der Waals surface area contributed by atoms with Gasteiger partial charge >= 0.3 is 6.03 Å². The molecule has 8 nitrogen and oxygen atoms in total. The number of piperidine rings is 1. The van der Waals surface area contributed by atoms with Gasteiger partial charge in [-0.15, -0.1) is 10.2 Å². The smallest absolute Gasteiger partial charge is 0.323 e. The summed E-state index contributed by atoms with van der Waals surface area (Å²) in [5, 5.41) is 15.8. The minimum atomic E-state index is -0.979. The Labute approximate surface area is 182 Å². The number of aryl methyl sites for hydroxylation is 1. The third kappa shape index (κ3) is 4.87. The van der Waals surface area contributed by atoms with Crippen molar-refractivity contribution >= 4 is 39.8 Å². The van der Waals surface area contributed by atoms with Crippen molar-refractivity contribution in [1.82, 2.24) is 25.1 Å². The number of fused-ring (bicyclic) bond motifs is 1. The van der Waals surface area contributed by atoms with Gasteiger partial charge in [-0.3, -0.25) is 5.32 Å². The number of nitrogens with zero attached hydrogens (tertiary/aromatic N) is 5. The Hall–Kier alpha value is -2.95. The summed E-state index contributed by atoms with van der Waals surface area (Å²) in [7, 11) is 0. The second kappa shape index (κ2) is 9.46. The van der Waals surface area contributed by atoms with Crippen LogP contribution in [0.5, 0.6) is 0 Å². The highest BCUT2D eigenvalue weighted by Crippen LogP contribution is 2.31. The number of alkyl halides is 2. The highest BCUT2D eigenvalue weighted by atomic mass is 32.1. The first-order valence-corrected chi connectivity index (χ1v) is 10.9. The number of amides is 2. The van der Waals surface area contributed by atoms with E-state index >= 15 is 0 Å². The van der Waals surface area contributed by atoms with Gasteiger partial charge in [0.25, 0.3) is 0 Å². The Morgan fingerprint density at radius 2 is 1.97 bits per heavy atom. The van der Waals surface area contributed by atoms with Crippen LogP contribution in [0.1, 0.15) is 24.3 Å². The fourth-order valence-electron chi connectivity index (χ4n) is 3.44. The van der Waals surface area contributed by atoms with E-state index in [0.29, 0.717) is 33.1 Å². The molecule has 11 heteroatoms. The number of aromatic nitrogens is 4. The Morgan fingerprint density at radius 3 is 2.65 bits per heavy atom. The molecule has 0 bridgehead atoms. The minimum Gasteiger partial charge on any atom is -0.376 e. The molecule has 4 rings (SSSR count). The fourth-order valence-corrected chi connectivity index (χ4v) is 4.09. The molecule has 0 atom stereocenters. The van der Waals surface area contributed by atoms with E-state index in [-0.39, 0.29) is 6.03 Å². The van der Waals surface area contributed by atoms with Crippen molar-refractivity contribution in [2.45, 2.75) is 32.2 Å². The van der Waals surface area contributed by atoms with Gasteiger partial charge in [0.2, 0.25) is 0 Å². The molecule has 164 valence electrons. The lowest BCUT2D eigenvalue weighted by molar-refractivity contribution is 0.200. The van der Waals surface area contributed by atoms with Crippen LogP contribution in [0.15, 0.2) is 18.3 Å². The topological polar surface area (TPSA) is 95.9 Å². The van der Waals surface area contributed by atoms with E-state index in [1.807, 2.05) is 6.92 Å². The van der Waals surface area contributed by atoms with Gasteiger partial charge < -0.3 is 10.2 Å². The van der Waals surface area contributed by atoms with Crippen molar-refractivity contribution in [3.63, 3.8) is 0 Å². The number of carbonyl (C=O) groups is 1. The minimum absolute atomic E-state index is 0.198. The van der Waals surface area contributed by atoms with E-state index in [9.17, 15) is 13.6 Å². The van der Waals surface area contributed by atoms with Gasteiger partial charge in [-0.25, -0.2) is 23.5 Å². The van der Waals surface area contributed by atoms with Crippen LogP contribution in [0.3, 0.4) is 0 Å². The second-order valence-corrected chi connectivity index (χ2v) is 8.58. The van der Waals surface area contributed by atoms with Crippen molar-refractivity contribution in [2.75, 3.05) is 37.1 Å². The number of carbonyl (C=O) groups excluding carboxylic acids is 1. The highest BCUT2D eigenvalue weighted by molar-refractivity contribution is 7.14. The summed E-state index contributed by atoms with van der Waals surface area (Å²) in [5.74, 6) is 0.361. The zero-order valence-corrected chi connectivity index (χ0v) is 17.9. The summed E-state index contributed by atoms with van der Waals surface area (Å²) in [5.41, 5.74) is 1.54. The number of nitrogens with one attached hydrogen (secondary N) is 2. The molecule has 0 unspecified atom stereocenters. The molecule has 0 radical (unpaired) electrons. The molecule has 1 fully saturated rings. The lowest BCUT2D eigenvalue weighted by atomic mass is 10.1. The van der Waals surface area contributed by atoms with Gasteiger partial charge in [0.1, 0.15) is 29.9 Å². The van der Waals surface area contributed by atoms with Gasteiger partial charge in [0.15, 0.2) is 5.01 Å². The number of anilines is 2. The van der Waals surface area contributed by atoms with Crippen LogP contribution in [0.4, 0.5) is 25.1 Å². The first-order chi connectivity index (χ1) is 15.1. The first kappa shape index (κ1) is 21.3. The molecule has 2 amide bonds. The molecule has 0 aromatic carbocycles. The number of rotatable bonds is 6. The van der Waals surface area contributed by atoms with E-state index in [0.717, 1.165) is 37.4 Å². The monoisotopic (exact) mass is 447 g/mol. The molecule has 1 saturated heterocycles. The lowest BCUT2D eigenvalue weighted by Crippen LogP contribution is -2.38. The van der Waals surface area contributed by atoms with E-state index in [1.165, 1.54) is 11.3 Å². The van der Waals surface area contributed by atoms with Crippen molar-refractivity contribution in [2.24, 2.45) is 0 Å². The summed E-state index contributed by atoms with van der Waals surface area (Å²) >= 11 is 1.37. The normalized spacial score (nSPS) is 14.3. The van der Waals surface area contributed by atoms with Crippen LogP contribution < -0.4 is 10.6 Å². The molecular formula is C20H23F2N7OS. The van der Waals surface area contributed by atoms with Crippen LogP contribution in [0.25, 0.3) is 21.6 Å². The Kier molecular flexibility index (Phi) is 6.50. The van der Waals surface area contributed by atoms with Crippen molar-refractivity contribution in [1.29, 1.82) is 0 Å². The molecule has 3 aromatic rings. The average Bonchev–Trinajstić information content (AvgIpc) is 3.23. The predicted molar refractivity (Wildman–Crippen MR) is 117 cm³/mol. The Bertz CT molecular complexity index is 1070. The summed E-state index contributed by atoms with van der Waals surface area (Å²) in [4.78, 5) is 23.2. The predicted octanol–water partition coefficient (Wildman–Crippen LogP) is 4.19. The maximum Gasteiger partial charge on any atom is 0.323 e. The van der Waals surface area contributed by atoms with Crippen LogP contribution in [0, 0.1) is 6.92 Å². The van der Waals surface area contributed by atoms with Gasteiger partial charge in [-0.2, -0.15) is 0 Å². The van der Waals surface area contributed by atoms with Crippen molar-refractivity contribution in [3.05, 3.63) is 23.3 Å². The fraction of sp³-hybridized carbons (Fsp3) is 0.450. The lowest BCUT2D eigenvalue weighted by Gasteiger charge is -2.26. The average molecular weight is 448 g/mol. The summed E-state index contributed by atoms with van der Waals surface area (Å²) < 4.78 is 26.3. The van der Waals surface area contributed by atoms with Crippen molar-refractivity contribution < 1.29 is 13.6 Å².